The second-order valence-electron chi connectivity index (χ2n) is 2.39. The first-order chi connectivity index (χ1) is 6.29. The van der Waals surface area contributed by atoms with Crippen LogP contribution in [0.15, 0.2) is 21.5 Å². The summed E-state index contributed by atoms with van der Waals surface area (Å²) in [6.45, 7) is 0. The molecule has 7 heteroatoms. The number of alkyl halides is 3. The van der Waals surface area contributed by atoms with Crippen LogP contribution in [0.1, 0.15) is 0 Å². The predicted molar refractivity (Wildman–Crippen MR) is 52.5 cm³/mol. The molecule has 2 nitrogen and oxygen atoms in total. The van der Waals surface area contributed by atoms with Crippen molar-refractivity contribution in [3.8, 4) is 5.75 Å². The number of ether oxygens (including phenoxy) is 1. The van der Waals surface area contributed by atoms with Gasteiger partial charge in [0.2, 0.25) is 0 Å². The lowest BCUT2D eigenvalue weighted by atomic mass is 10.3. The van der Waals surface area contributed by atoms with E-state index in [0.717, 1.165) is 6.07 Å². The highest BCUT2D eigenvalue weighted by Crippen LogP contribution is 2.35. The Kier molecular flexibility index (Phi) is 3.20. The summed E-state index contributed by atoms with van der Waals surface area (Å²) >= 11 is 6.87. The Labute approximate surface area is 91.8 Å². The average molecular weight is 288 g/mol. The molecule has 0 aliphatic heterocycles. The number of nitrogen functional groups attached to an aromatic ring is 1. The van der Waals surface area contributed by atoms with Crippen molar-refractivity contribution < 1.29 is 17.9 Å². The fourth-order valence-electron chi connectivity index (χ4n) is 0.788. The van der Waals surface area contributed by atoms with E-state index in [-0.39, 0.29) is 5.69 Å². The minimum absolute atomic E-state index is 0.111. The summed E-state index contributed by atoms with van der Waals surface area (Å²) in [7, 11) is 0. The molecule has 0 spiro atoms. The van der Waals surface area contributed by atoms with E-state index in [1.165, 1.54) is 6.07 Å². The average Bonchev–Trinajstić information content (AvgIpc) is 1.96. The molecule has 0 aliphatic carbocycles. The fraction of sp³-hybridized carbons (Fsp3) is 0.143. The third-order valence-corrected chi connectivity index (χ3v) is 2.22. The summed E-state index contributed by atoms with van der Waals surface area (Å²) < 4.78 is 39.6. The molecule has 0 radical (unpaired) electrons. The van der Waals surface area contributed by atoms with E-state index < -0.39 is 12.1 Å². The highest BCUT2D eigenvalue weighted by atomic mass is 79.9. The Balaban J connectivity index is 3.09. The van der Waals surface area contributed by atoms with E-state index >= 15 is 0 Å². The van der Waals surface area contributed by atoms with Gasteiger partial charge in [-0.1, -0.05) is 0 Å². The maximum absolute atomic E-state index is 11.9. The van der Waals surface area contributed by atoms with Crippen LogP contribution in [-0.2, 0) is 0 Å². The molecular weight excluding hydrogens is 283 g/mol. The number of thiol groups is 1. The molecule has 14 heavy (non-hydrogen) atoms. The van der Waals surface area contributed by atoms with Gasteiger partial charge in [-0.25, -0.2) is 0 Å². The summed E-state index contributed by atoms with van der Waals surface area (Å²) in [6.07, 6.45) is -4.75. The first-order valence-corrected chi connectivity index (χ1v) is 4.57. The third kappa shape index (κ3) is 2.98. The number of rotatable bonds is 1. The van der Waals surface area contributed by atoms with Gasteiger partial charge in [0, 0.05) is 9.37 Å². The molecular formula is C7H5BrF3NOS. The summed E-state index contributed by atoms with van der Waals surface area (Å²) in [5, 5.41) is 0. The Hall–Kier alpha value is -0.560. The van der Waals surface area contributed by atoms with Gasteiger partial charge in [0.25, 0.3) is 0 Å². The Morgan fingerprint density at radius 3 is 2.43 bits per heavy atom. The number of benzene rings is 1. The van der Waals surface area contributed by atoms with Crippen molar-refractivity contribution in [2.75, 3.05) is 5.73 Å². The van der Waals surface area contributed by atoms with Crippen LogP contribution >= 0.6 is 28.6 Å². The zero-order valence-electron chi connectivity index (χ0n) is 6.60. The van der Waals surface area contributed by atoms with Crippen molar-refractivity contribution >= 4 is 34.2 Å². The SMILES string of the molecule is Nc1c(Br)cc(S)cc1OC(F)(F)F. The zero-order chi connectivity index (χ0) is 10.9. The van der Waals surface area contributed by atoms with Gasteiger partial charge in [0.05, 0.1) is 5.69 Å². The third-order valence-electron chi connectivity index (χ3n) is 1.30. The van der Waals surface area contributed by atoms with Crippen LogP contribution < -0.4 is 10.5 Å². The van der Waals surface area contributed by atoms with Crippen molar-refractivity contribution in [2.45, 2.75) is 11.3 Å². The van der Waals surface area contributed by atoms with Gasteiger partial charge in [-0.2, -0.15) is 0 Å². The van der Waals surface area contributed by atoms with Crippen LogP contribution in [0.25, 0.3) is 0 Å². The summed E-state index contributed by atoms with van der Waals surface area (Å²) in [6, 6.07) is 2.57. The van der Waals surface area contributed by atoms with Gasteiger partial charge in [-0.3, -0.25) is 0 Å². The number of anilines is 1. The highest BCUT2D eigenvalue weighted by molar-refractivity contribution is 9.10. The molecule has 0 atom stereocenters. The van der Waals surface area contributed by atoms with Crippen molar-refractivity contribution in [3.05, 3.63) is 16.6 Å². The molecule has 0 amide bonds. The van der Waals surface area contributed by atoms with Crippen LogP contribution in [0.4, 0.5) is 18.9 Å². The van der Waals surface area contributed by atoms with E-state index in [9.17, 15) is 13.2 Å². The predicted octanol–water partition coefficient (Wildman–Crippen LogP) is 3.22. The largest absolute Gasteiger partial charge is 0.573 e. The second kappa shape index (κ2) is 3.90. The number of hydrogen-bond acceptors (Lipinski definition) is 3. The maximum Gasteiger partial charge on any atom is 0.573 e. The van der Waals surface area contributed by atoms with Gasteiger partial charge in [-0.15, -0.1) is 25.8 Å². The molecule has 1 aromatic rings. The van der Waals surface area contributed by atoms with Crippen LogP contribution in [0.5, 0.6) is 5.75 Å². The molecule has 0 saturated heterocycles. The van der Waals surface area contributed by atoms with Crippen LogP contribution in [0.2, 0.25) is 0 Å². The number of hydrogen-bond donors (Lipinski definition) is 2. The number of nitrogens with two attached hydrogens (primary N) is 1. The van der Waals surface area contributed by atoms with Crippen molar-refractivity contribution in [1.29, 1.82) is 0 Å². The van der Waals surface area contributed by atoms with Gasteiger partial charge in [0.1, 0.15) is 0 Å². The highest BCUT2D eigenvalue weighted by Gasteiger charge is 2.32. The summed E-state index contributed by atoms with van der Waals surface area (Å²) in [4.78, 5) is 0.324. The van der Waals surface area contributed by atoms with Crippen LogP contribution in [-0.4, -0.2) is 6.36 Å². The fourth-order valence-corrected chi connectivity index (χ4v) is 1.65. The molecule has 0 aliphatic rings. The first-order valence-electron chi connectivity index (χ1n) is 3.33. The molecule has 1 aromatic carbocycles. The van der Waals surface area contributed by atoms with E-state index in [2.05, 4.69) is 33.3 Å². The monoisotopic (exact) mass is 287 g/mol. The Morgan fingerprint density at radius 1 is 1.36 bits per heavy atom. The molecule has 0 fully saturated rings. The molecule has 0 bridgehead atoms. The second-order valence-corrected chi connectivity index (χ2v) is 3.76. The lowest BCUT2D eigenvalue weighted by molar-refractivity contribution is -0.274. The molecule has 0 unspecified atom stereocenters. The molecule has 0 saturated carbocycles. The zero-order valence-corrected chi connectivity index (χ0v) is 9.08. The van der Waals surface area contributed by atoms with E-state index in [0.29, 0.717) is 9.37 Å². The van der Waals surface area contributed by atoms with Crippen LogP contribution in [0.3, 0.4) is 0 Å². The maximum atomic E-state index is 11.9. The molecule has 78 valence electrons. The number of halogens is 4. The first kappa shape index (κ1) is 11.5. The smallest absolute Gasteiger partial charge is 0.403 e. The molecule has 0 heterocycles. The summed E-state index contributed by atoms with van der Waals surface area (Å²) in [5.74, 6) is -0.461. The molecule has 1 rings (SSSR count). The normalized spacial score (nSPS) is 11.5. The summed E-state index contributed by atoms with van der Waals surface area (Å²) in [5.41, 5.74) is 5.24. The quantitative estimate of drug-likeness (QED) is 0.614. The van der Waals surface area contributed by atoms with Crippen LogP contribution in [0, 0.1) is 0 Å². The van der Waals surface area contributed by atoms with Gasteiger partial charge >= 0.3 is 6.36 Å². The minimum atomic E-state index is -4.75. The van der Waals surface area contributed by atoms with Gasteiger partial charge in [-0.05, 0) is 28.1 Å². The van der Waals surface area contributed by atoms with Crippen molar-refractivity contribution in [1.82, 2.24) is 0 Å². The van der Waals surface area contributed by atoms with Gasteiger partial charge in [0.15, 0.2) is 5.75 Å². The molecule has 2 N–H and O–H groups in total. The lowest BCUT2D eigenvalue weighted by Crippen LogP contribution is -2.18. The Morgan fingerprint density at radius 2 is 1.93 bits per heavy atom. The topological polar surface area (TPSA) is 35.2 Å². The van der Waals surface area contributed by atoms with Crippen molar-refractivity contribution in [2.24, 2.45) is 0 Å². The van der Waals surface area contributed by atoms with Crippen molar-refractivity contribution in [3.63, 3.8) is 0 Å². The van der Waals surface area contributed by atoms with Gasteiger partial charge < -0.3 is 10.5 Å². The Bertz CT molecular complexity index is 356. The van der Waals surface area contributed by atoms with E-state index in [1.54, 1.807) is 0 Å². The lowest BCUT2D eigenvalue weighted by Gasteiger charge is -2.12. The standard InChI is InChI=1S/C7H5BrF3NOS/c8-4-1-3(14)2-5(6(4)12)13-7(9,10)11/h1-2,14H,12H2. The molecule has 0 aromatic heterocycles. The van der Waals surface area contributed by atoms with E-state index in [1.807, 2.05) is 0 Å². The van der Waals surface area contributed by atoms with E-state index in [4.69, 9.17) is 5.73 Å². The minimum Gasteiger partial charge on any atom is -0.403 e.